The summed E-state index contributed by atoms with van der Waals surface area (Å²) in [7, 11) is -3.46. The molecule has 0 aromatic heterocycles. The second-order valence-corrected chi connectivity index (χ2v) is 8.76. The van der Waals surface area contributed by atoms with E-state index in [1.54, 1.807) is 11.2 Å². The minimum atomic E-state index is -3.46. The average Bonchev–Trinajstić information content (AvgIpc) is 2.46. The van der Waals surface area contributed by atoms with Gasteiger partial charge in [-0.2, -0.15) is 17.0 Å². The zero-order valence-corrected chi connectivity index (χ0v) is 15.1. The topological polar surface area (TPSA) is 79.0 Å². The summed E-state index contributed by atoms with van der Waals surface area (Å²) >= 11 is 0. The van der Waals surface area contributed by atoms with Gasteiger partial charge in [-0.25, -0.2) is 4.79 Å². The second-order valence-electron chi connectivity index (χ2n) is 6.83. The van der Waals surface area contributed by atoms with Crippen LogP contribution in [0.4, 0.5) is 4.79 Å². The van der Waals surface area contributed by atoms with Crippen molar-refractivity contribution in [3.8, 4) is 0 Å². The van der Waals surface area contributed by atoms with E-state index in [-0.39, 0.29) is 6.04 Å². The molecular formula is C15H29N3O4S. The molecule has 3 atom stereocenters. The molecular weight excluding hydrogens is 318 g/mol. The Morgan fingerprint density at radius 3 is 2.43 bits per heavy atom. The molecule has 2 aliphatic rings. The largest absolute Gasteiger partial charge is 0.450 e. The molecule has 134 valence electrons. The smallest absolute Gasteiger partial charge is 0.407 e. The first-order valence-electron chi connectivity index (χ1n) is 8.51. The predicted molar refractivity (Wildman–Crippen MR) is 88.2 cm³/mol. The van der Waals surface area contributed by atoms with Crippen molar-refractivity contribution in [1.82, 2.24) is 13.9 Å². The highest BCUT2D eigenvalue weighted by molar-refractivity contribution is 7.86. The van der Waals surface area contributed by atoms with Crippen molar-refractivity contribution < 1.29 is 17.9 Å². The number of ether oxygens (including phenoxy) is 1. The molecule has 2 aliphatic heterocycles. The Hall–Kier alpha value is -0.860. The van der Waals surface area contributed by atoms with Crippen LogP contribution in [0, 0.1) is 11.8 Å². The van der Waals surface area contributed by atoms with Crippen molar-refractivity contribution >= 4 is 16.3 Å². The van der Waals surface area contributed by atoms with E-state index in [0.29, 0.717) is 44.6 Å². The molecule has 0 radical (unpaired) electrons. The van der Waals surface area contributed by atoms with Gasteiger partial charge in [-0.3, -0.25) is 0 Å². The van der Waals surface area contributed by atoms with E-state index in [1.807, 2.05) is 0 Å². The van der Waals surface area contributed by atoms with Crippen molar-refractivity contribution in [2.45, 2.75) is 46.1 Å². The lowest BCUT2D eigenvalue weighted by Crippen LogP contribution is -2.55. The van der Waals surface area contributed by atoms with Crippen LogP contribution in [0.25, 0.3) is 0 Å². The second kappa shape index (κ2) is 7.81. The lowest BCUT2D eigenvalue weighted by Gasteiger charge is -2.39. The molecule has 0 aliphatic carbocycles. The van der Waals surface area contributed by atoms with Crippen molar-refractivity contribution in [2.24, 2.45) is 11.8 Å². The van der Waals surface area contributed by atoms with E-state index < -0.39 is 16.3 Å². The number of hydrogen-bond acceptors (Lipinski definition) is 4. The SMILES string of the molecule is CCOC(=O)N[C@@H]1CCCN(S(=O)(=O)N2C[C@H](C)C[C@H](C)C2)C1. The zero-order valence-electron chi connectivity index (χ0n) is 14.3. The summed E-state index contributed by atoms with van der Waals surface area (Å²) in [6, 6.07) is -0.183. The Balaban J connectivity index is 2.00. The number of piperidine rings is 2. The van der Waals surface area contributed by atoms with E-state index in [0.717, 1.165) is 19.3 Å². The van der Waals surface area contributed by atoms with Gasteiger partial charge in [0.1, 0.15) is 0 Å². The lowest BCUT2D eigenvalue weighted by atomic mass is 9.94. The molecule has 23 heavy (non-hydrogen) atoms. The molecule has 0 bridgehead atoms. The first-order chi connectivity index (χ1) is 10.8. The number of carbonyl (C=O) groups excluding carboxylic acids is 1. The van der Waals surface area contributed by atoms with E-state index >= 15 is 0 Å². The van der Waals surface area contributed by atoms with Gasteiger partial charge in [0.25, 0.3) is 10.2 Å². The summed E-state index contributed by atoms with van der Waals surface area (Å²) in [5.41, 5.74) is 0. The third-order valence-corrected chi connectivity index (χ3v) is 6.40. The minimum absolute atomic E-state index is 0.183. The number of rotatable bonds is 4. The normalized spacial score (nSPS) is 30.8. The summed E-state index contributed by atoms with van der Waals surface area (Å²) in [6.07, 6.45) is 2.11. The maximum Gasteiger partial charge on any atom is 0.407 e. The molecule has 0 spiro atoms. The van der Waals surface area contributed by atoms with E-state index in [1.165, 1.54) is 4.31 Å². The van der Waals surface area contributed by atoms with Crippen LogP contribution in [-0.4, -0.2) is 61.9 Å². The van der Waals surface area contributed by atoms with Crippen molar-refractivity contribution in [2.75, 3.05) is 32.8 Å². The highest BCUT2D eigenvalue weighted by Gasteiger charge is 2.37. The van der Waals surface area contributed by atoms with Gasteiger partial charge in [-0.15, -0.1) is 0 Å². The predicted octanol–water partition coefficient (Wildman–Crippen LogP) is 1.42. The molecule has 0 aromatic rings. The van der Waals surface area contributed by atoms with Gasteiger partial charge in [-0.05, 0) is 38.0 Å². The summed E-state index contributed by atoms with van der Waals surface area (Å²) in [4.78, 5) is 11.5. The Kier molecular flexibility index (Phi) is 6.27. The number of nitrogens with zero attached hydrogens (tertiary/aromatic N) is 2. The third-order valence-electron chi connectivity index (χ3n) is 4.47. The summed E-state index contributed by atoms with van der Waals surface area (Å²) in [6.45, 7) is 8.25. The van der Waals surface area contributed by atoms with Gasteiger partial charge >= 0.3 is 6.09 Å². The van der Waals surface area contributed by atoms with Crippen molar-refractivity contribution in [3.63, 3.8) is 0 Å². The molecule has 1 amide bonds. The molecule has 1 N–H and O–H groups in total. The van der Waals surface area contributed by atoms with Crippen molar-refractivity contribution in [1.29, 1.82) is 0 Å². The molecule has 2 rings (SSSR count). The first-order valence-corrected chi connectivity index (χ1v) is 9.91. The number of alkyl carbamates (subject to hydrolysis) is 1. The summed E-state index contributed by atoms with van der Waals surface area (Å²) in [5, 5.41) is 2.76. The van der Waals surface area contributed by atoms with Gasteiger partial charge < -0.3 is 10.1 Å². The Labute approximate surface area is 139 Å². The van der Waals surface area contributed by atoms with Crippen LogP contribution >= 0.6 is 0 Å². The Morgan fingerprint density at radius 2 is 1.83 bits per heavy atom. The van der Waals surface area contributed by atoms with Crippen molar-refractivity contribution in [3.05, 3.63) is 0 Å². The third kappa shape index (κ3) is 4.81. The van der Waals surface area contributed by atoms with Crippen LogP contribution in [0.15, 0.2) is 0 Å². The number of nitrogens with one attached hydrogen (secondary N) is 1. The average molecular weight is 347 g/mol. The number of carbonyl (C=O) groups is 1. The highest BCUT2D eigenvalue weighted by Crippen LogP contribution is 2.26. The molecule has 7 nitrogen and oxygen atoms in total. The van der Waals surface area contributed by atoms with Crippen LogP contribution in [0.5, 0.6) is 0 Å². The van der Waals surface area contributed by atoms with Crippen LogP contribution < -0.4 is 5.32 Å². The summed E-state index contributed by atoms with van der Waals surface area (Å²) in [5.74, 6) is 0.763. The molecule has 0 saturated carbocycles. The lowest BCUT2D eigenvalue weighted by molar-refractivity contribution is 0.141. The minimum Gasteiger partial charge on any atom is -0.450 e. The zero-order chi connectivity index (χ0) is 17.0. The van der Waals surface area contributed by atoms with Crippen LogP contribution in [-0.2, 0) is 14.9 Å². The Morgan fingerprint density at radius 1 is 1.17 bits per heavy atom. The standard InChI is InChI=1S/C15H29N3O4S/c1-4-22-15(19)16-14-6-5-7-17(11-14)23(20,21)18-9-12(2)8-13(3)10-18/h12-14H,4-11H2,1-3H3,(H,16,19)/t12-,13+,14-/m1/s1. The number of hydrogen-bond donors (Lipinski definition) is 1. The maximum atomic E-state index is 12.9. The van der Waals surface area contributed by atoms with E-state index in [4.69, 9.17) is 4.74 Å². The van der Waals surface area contributed by atoms with Gasteiger partial charge in [0, 0.05) is 32.2 Å². The van der Waals surface area contributed by atoms with Gasteiger partial charge in [0.05, 0.1) is 6.61 Å². The number of amides is 1. The molecule has 0 unspecified atom stereocenters. The van der Waals surface area contributed by atoms with Crippen LogP contribution in [0.1, 0.15) is 40.0 Å². The van der Waals surface area contributed by atoms with Gasteiger partial charge in [0.15, 0.2) is 0 Å². The fraction of sp³-hybridized carbons (Fsp3) is 0.933. The maximum absolute atomic E-state index is 12.9. The van der Waals surface area contributed by atoms with E-state index in [2.05, 4.69) is 19.2 Å². The van der Waals surface area contributed by atoms with Gasteiger partial charge in [-0.1, -0.05) is 13.8 Å². The van der Waals surface area contributed by atoms with E-state index in [9.17, 15) is 13.2 Å². The fourth-order valence-electron chi connectivity index (χ4n) is 3.57. The fourth-order valence-corrected chi connectivity index (χ4v) is 5.51. The van der Waals surface area contributed by atoms with Crippen LogP contribution in [0.2, 0.25) is 0 Å². The molecule has 2 fully saturated rings. The Bertz CT molecular complexity index is 501. The van der Waals surface area contributed by atoms with Crippen LogP contribution in [0.3, 0.4) is 0 Å². The molecule has 0 aromatic carbocycles. The highest BCUT2D eigenvalue weighted by atomic mass is 32.2. The monoisotopic (exact) mass is 347 g/mol. The summed E-state index contributed by atoms with van der Waals surface area (Å²) < 4.78 is 33.8. The molecule has 8 heteroatoms. The first kappa shape index (κ1) is 18.5. The van der Waals surface area contributed by atoms with Gasteiger partial charge in [0.2, 0.25) is 0 Å². The molecule has 2 heterocycles. The molecule has 2 saturated heterocycles. The quantitative estimate of drug-likeness (QED) is 0.834.